The van der Waals surface area contributed by atoms with Crippen LogP contribution in [-0.4, -0.2) is 64.8 Å². The molecule has 2 aliphatic heterocycles. The molecular weight excluding hydrogens is 494 g/mol. The van der Waals surface area contributed by atoms with Crippen LogP contribution in [0.3, 0.4) is 0 Å². The minimum absolute atomic E-state index is 0.500. The minimum atomic E-state index is 0.500. The number of aryl methyl sites for hydroxylation is 3. The average Bonchev–Trinajstić information content (AvgIpc) is 3.50. The van der Waals surface area contributed by atoms with E-state index in [1.165, 1.54) is 33.6 Å². The van der Waals surface area contributed by atoms with Crippen LogP contribution in [-0.2, 0) is 13.0 Å². The number of aromatic nitrogens is 4. The Morgan fingerprint density at radius 3 is 2.48 bits per heavy atom. The molecule has 0 radical (unpaired) electrons. The van der Waals surface area contributed by atoms with Gasteiger partial charge in [0.15, 0.2) is 5.82 Å². The molecule has 4 aromatic rings. The third kappa shape index (κ3) is 4.54. The van der Waals surface area contributed by atoms with Crippen LogP contribution < -0.4 is 9.80 Å². The van der Waals surface area contributed by atoms with Crippen LogP contribution in [0.5, 0.6) is 0 Å². The summed E-state index contributed by atoms with van der Waals surface area (Å²) in [5.41, 5.74) is 10.8. The van der Waals surface area contributed by atoms with Gasteiger partial charge in [0, 0.05) is 66.5 Å². The zero-order valence-electron chi connectivity index (χ0n) is 25.3. The van der Waals surface area contributed by atoms with Gasteiger partial charge in [-0.1, -0.05) is 39.0 Å². The maximum Gasteiger partial charge on any atom is 0.162 e. The number of rotatable bonds is 5. The van der Waals surface area contributed by atoms with Crippen molar-refractivity contribution in [3.8, 4) is 11.4 Å². The number of aromatic amines is 1. The lowest BCUT2D eigenvalue weighted by Gasteiger charge is -2.34. The first-order chi connectivity index (χ1) is 19.1. The van der Waals surface area contributed by atoms with Crippen molar-refractivity contribution in [2.75, 3.05) is 43.5 Å². The Morgan fingerprint density at radius 1 is 0.975 bits per heavy atom. The second-order valence-electron chi connectivity index (χ2n) is 12.6. The number of anilines is 2. The lowest BCUT2D eigenvalue weighted by Crippen LogP contribution is -2.36. The Bertz CT molecular complexity index is 1570. The predicted molar refractivity (Wildman–Crippen MR) is 165 cm³/mol. The van der Waals surface area contributed by atoms with Crippen LogP contribution in [0.2, 0.25) is 0 Å². The summed E-state index contributed by atoms with van der Waals surface area (Å²) in [6.07, 6.45) is 0.906. The van der Waals surface area contributed by atoms with E-state index in [0.717, 1.165) is 66.4 Å². The van der Waals surface area contributed by atoms with E-state index in [0.29, 0.717) is 17.9 Å². The smallest absolute Gasteiger partial charge is 0.162 e. The maximum absolute atomic E-state index is 5.42. The number of H-pyrrole nitrogens is 1. The maximum atomic E-state index is 5.42. The molecule has 210 valence electrons. The van der Waals surface area contributed by atoms with Crippen LogP contribution in [0.15, 0.2) is 30.3 Å². The summed E-state index contributed by atoms with van der Waals surface area (Å²) in [5.74, 6) is 3.00. The molecule has 0 saturated carbocycles. The van der Waals surface area contributed by atoms with E-state index < -0.39 is 0 Å². The fourth-order valence-electron chi connectivity index (χ4n) is 6.75. The molecule has 7 nitrogen and oxygen atoms in total. The Morgan fingerprint density at radius 2 is 1.75 bits per heavy atom. The zero-order valence-corrected chi connectivity index (χ0v) is 25.3. The monoisotopic (exact) mass is 537 g/mol. The van der Waals surface area contributed by atoms with E-state index in [-0.39, 0.29) is 0 Å². The highest BCUT2D eigenvalue weighted by molar-refractivity contribution is 5.96. The highest BCUT2D eigenvalue weighted by Crippen LogP contribution is 2.38. The first-order valence-electron chi connectivity index (χ1n) is 14.7. The Hall–Kier alpha value is -3.45. The molecule has 2 aromatic carbocycles. The molecule has 2 aromatic heterocycles. The molecule has 7 heteroatoms. The summed E-state index contributed by atoms with van der Waals surface area (Å²) >= 11 is 0. The number of nitrogens with one attached hydrogen (secondary N) is 1. The summed E-state index contributed by atoms with van der Waals surface area (Å²) in [6.45, 7) is 17.2. The van der Waals surface area contributed by atoms with Crippen molar-refractivity contribution in [1.29, 1.82) is 0 Å². The van der Waals surface area contributed by atoms with Crippen molar-refractivity contribution in [3.05, 3.63) is 64.0 Å². The van der Waals surface area contributed by atoms with E-state index >= 15 is 0 Å². The van der Waals surface area contributed by atoms with Crippen LogP contribution in [0.4, 0.5) is 11.5 Å². The highest BCUT2D eigenvalue weighted by Gasteiger charge is 2.35. The van der Waals surface area contributed by atoms with Crippen LogP contribution in [0.1, 0.15) is 60.3 Å². The first kappa shape index (κ1) is 26.8. The predicted octanol–water partition coefficient (Wildman–Crippen LogP) is 6.02. The molecule has 2 atom stereocenters. The third-order valence-corrected chi connectivity index (χ3v) is 9.15. The number of benzene rings is 2. The third-order valence-electron chi connectivity index (χ3n) is 9.15. The van der Waals surface area contributed by atoms with E-state index in [1.807, 2.05) is 0 Å². The number of fused-ring (bicyclic) bond motifs is 2. The van der Waals surface area contributed by atoms with Gasteiger partial charge in [0.25, 0.3) is 0 Å². The fourth-order valence-corrected chi connectivity index (χ4v) is 6.75. The van der Waals surface area contributed by atoms with Crippen molar-refractivity contribution in [2.45, 2.75) is 66.5 Å². The van der Waals surface area contributed by atoms with Gasteiger partial charge in [0.05, 0.1) is 11.2 Å². The van der Waals surface area contributed by atoms with Crippen molar-refractivity contribution in [2.24, 2.45) is 5.92 Å². The standard InChI is InChI=1S/C33H43N7/c1-19(2)24-11-9-20(3)28(15-24)39-14-13-26-25(17-39)33(40-16-22(5)29(18-40)38(7)8)35-32(34-26)30-21(4)10-12-27-31(30)23(6)36-37-27/h9-12,15,19,22,29H,13-14,16-18H2,1-8H3,(H,36,37)/t22-,29-/m0/s1. The molecule has 0 amide bonds. The molecule has 0 bridgehead atoms. The number of likely N-dealkylation sites (N-methyl/N-ethyl adjacent to an activating group) is 1. The lowest BCUT2D eigenvalue weighted by molar-refractivity contribution is 0.266. The van der Waals surface area contributed by atoms with Gasteiger partial charge in [-0.2, -0.15) is 5.10 Å². The van der Waals surface area contributed by atoms with Gasteiger partial charge in [0.2, 0.25) is 0 Å². The lowest BCUT2D eigenvalue weighted by atomic mass is 9.97. The Labute approximate surface area is 238 Å². The fraction of sp³-hybridized carbons (Fsp3) is 0.485. The normalized spacial score (nSPS) is 19.4. The van der Waals surface area contributed by atoms with Gasteiger partial charge < -0.3 is 14.7 Å². The summed E-state index contributed by atoms with van der Waals surface area (Å²) < 4.78 is 0. The molecule has 2 aliphatic rings. The van der Waals surface area contributed by atoms with Crippen molar-refractivity contribution in [3.63, 3.8) is 0 Å². The minimum Gasteiger partial charge on any atom is -0.366 e. The second kappa shape index (κ2) is 10.2. The summed E-state index contributed by atoms with van der Waals surface area (Å²) in [7, 11) is 4.40. The summed E-state index contributed by atoms with van der Waals surface area (Å²) in [5, 5.41) is 8.85. The van der Waals surface area contributed by atoms with E-state index in [9.17, 15) is 0 Å². The van der Waals surface area contributed by atoms with Gasteiger partial charge in [-0.05, 0) is 75.5 Å². The summed E-state index contributed by atoms with van der Waals surface area (Å²) in [6, 6.07) is 11.7. The summed E-state index contributed by atoms with van der Waals surface area (Å²) in [4.78, 5) is 18.2. The molecule has 40 heavy (non-hydrogen) atoms. The molecule has 1 N–H and O–H groups in total. The molecular formula is C33H43N7. The number of nitrogens with zero attached hydrogens (tertiary/aromatic N) is 6. The SMILES string of the molecule is Cc1ccc(C(C)C)cc1N1CCc2nc(-c3c(C)ccc4n[nH]c(C)c34)nc(N3C[C@H](C)[C@@H](N(C)C)C3)c2C1. The van der Waals surface area contributed by atoms with Crippen molar-refractivity contribution >= 4 is 22.4 Å². The average molecular weight is 538 g/mol. The second-order valence-corrected chi connectivity index (χ2v) is 12.6. The van der Waals surface area contributed by atoms with Crippen LogP contribution in [0.25, 0.3) is 22.3 Å². The number of hydrogen-bond donors (Lipinski definition) is 1. The van der Waals surface area contributed by atoms with Gasteiger partial charge in [-0.3, -0.25) is 5.10 Å². The molecule has 1 saturated heterocycles. The molecule has 4 heterocycles. The molecule has 0 unspecified atom stereocenters. The van der Waals surface area contributed by atoms with Gasteiger partial charge in [-0.15, -0.1) is 0 Å². The van der Waals surface area contributed by atoms with Gasteiger partial charge >= 0.3 is 0 Å². The van der Waals surface area contributed by atoms with Crippen molar-refractivity contribution < 1.29 is 0 Å². The molecule has 0 aliphatic carbocycles. The van der Waals surface area contributed by atoms with E-state index in [4.69, 9.17) is 9.97 Å². The number of hydrogen-bond acceptors (Lipinski definition) is 6. The van der Waals surface area contributed by atoms with Gasteiger partial charge in [0.1, 0.15) is 5.82 Å². The quantitative estimate of drug-likeness (QED) is 0.336. The van der Waals surface area contributed by atoms with Crippen molar-refractivity contribution in [1.82, 2.24) is 25.1 Å². The van der Waals surface area contributed by atoms with E-state index in [2.05, 4.69) is 111 Å². The van der Waals surface area contributed by atoms with E-state index in [1.54, 1.807) is 0 Å². The van der Waals surface area contributed by atoms with Gasteiger partial charge in [-0.25, -0.2) is 9.97 Å². The zero-order chi connectivity index (χ0) is 28.3. The molecule has 0 spiro atoms. The Balaban J connectivity index is 1.49. The molecule has 1 fully saturated rings. The largest absolute Gasteiger partial charge is 0.366 e. The Kier molecular flexibility index (Phi) is 6.81. The molecule has 6 rings (SSSR count). The topological polar surface area (TPSA) is 64.2 Å². The highest BCUT2D eigenvalue weighted by atomic mass is 15.3. The van der Waals surface area contributed by atoms with Crippen LogP contribution >= 0.6 is 0 Å². The first-order valence-corrected chi connectivity index (χ1v) is 14.7. The van der Waals surface area contributed by atoms with Crippen LogP contribution in [0, 0.1) is 26.7 Å².